The molecule has 0 saturated heterocycles. The van der Waals surface area contributed by atoms with Crippen LogP contribution in [0.1, 0.15) is 31.1 Å². The molecule has 0 aliphatic rings. The van der Waals surface area contributed by atoms with Gasteiger partial charge in [0.05, 0.1) is 12.4 Å². The van der Waals surface area contributed by atoms with Crippen LogP contribution >= 0.6 is 0 Å². The predicted octanol–water partition coefficient (Wildman–Crippen LogP) is 3.72. The highest BCUT2D eigenvalue weighted by atomic mass is 16.1. The summed E-state index contributed by atoms with van der Waals surface area (Å²) in [5.41, 5.74) is 5.01. The Bertz CT molecular complexity index is 1090. The average molecular weight is 345 g/mol. The van der Waals surface area contributed by atoms with Gasteiger partial charge in [0.15, 0.2) is 5.65 Å². The van der Waals surface area contributed by atoms with E-state index >= 15 is 0 Å². The molecule has 1 atom stereocenters. The Balaban J connectivity index is 1.50. The minimum Gasteiger partial charge on any atom is -0.357 e. The second-order valence-electron chi connectivity index (χ2n) is 6.37. The number of H-pyrrole nitrogens is 2. The third kappa shape index (κ3) is 3.09. The number of nitrogens with one attached hydrogen (secondary N) is 3. The molecule has 130 valence electrons. The lowest BCUT2D eigenvalue weighted by Crippen LogP contribution is -2.27. The number of aromatic amines is 2. The summed E-state index contributed by atoms with van der Waals surface area (Å²) in [5.74, 6) is -0.113. The highest BCUT2D eigenvalue weighted by molar-refractivity contribution is 5.97. The summed E-state index contributed by atoms with van der Waals surface area (Å²) in [4.78, 5) is 27.3. The van der Waals surface area contributed by atoms with Crippen LogP contribution in [0.25, 0.3) is 28.1 Å². The molecule has 6 heteroatoms. The number of hydrogen-bond donors (Lipinski definition) is 3. The number of fused-ring (bicyclic) bond motifs is 2. The Morgan fingerprint density at radius 3 is 2.92 bits per heavy atom. The van der Waals surface area contributed by atoms with Crippen molar-refractivity contribution in [3.63, 3.8) is 0 Å². The molecule has 3 N–H and O–H groups in total. The number of imidazole rings is 1. The third-order valence-electron chi connectivity index (χ3n) is 4.40. The third-order valence-corrected chi connectivity index (χ3v) is 4.40. The van der Waals surface area contributed by atoms with Crippen molar-refractivity contribution in [2.24, 2.45) is 0 Å². The summed E-state index contributed by atoms with van der Waals surface area (Å²) in [6, 6.07) is 11.9. The van der Waals surface area contributed by atoms with Gasteiger partial charge in [-0.25, -0.2) is 9.97 Å². The van der Waals surface area contributed by atoms with Crippen molar-refractivity contribution in [1.82, 2.24) is 25.3 Å². The molecule has 1 unspecified atom stereocenters. The van der Waals surface area contributed by atoms with Crippen LogP contribution in [-0.2, 0) is 4.79 Å². The second kappa shape index (κ2) is 6.48. The fourth-order valence-electron chi connectivity index (χ4n) is 2.95. The molecular formula is C20H19N5O. The highest BCUT2D eigenvalue weighted by Crippen LogP contribution is 2.20. The average Bonchev–Trinajstić information content (AvgIpc) is 3.27. The molecular weight excluding hydrogens is 326 g/mol. The van der Waals surface area contributed by atoms with Crippen LogP contribution in [0.3, 0.4) is 0 Å². The zero-order valence-corrected chi connectivity index (χ0v) is 14.6. The van der Waals surface area contributed by atoms with E-state index < -0.39 is 0 Å². The molecule has 0 aliphatic carbocycles. The molecule has 1 amide bonds. The summed E-state index contributed by atoms with van der Waals surface area (Å²) in [7, 11) is 0. The van der Waals surface area contributed by atoms with E-state index in [4.69, 9.17) is 0 Å². The predicted molar refractivity (Wildman–Crippen MR) is 102 cm³/mol. The number of carbonyl (C=O) groups is 1. The van der Waals surface area contributed by atoms with Crippen molar-refractivity contribution >= 4 is 34.1 Å². The maximum absolute atomic E-state index is 12.5. The SMILES string of the molecule is CC(=Cc1cnc2[nH]cnc2c1)C(=O)NC(C)c1cc2ccccc2[nH]1. The van der Waals surface area contributed by atoms with Crippen LogP contribution in [0.2, 0.25) is 0 Å². The molecule has 0 bridgehead atoms. The number of benzene rings is 1. The summed E-state index contributed by atoms with van der Waals surface area (Å²) in [6.07, 6.45) is 5.14. The summed E-state index contributed by atoms with van der Waals surface area (Å²) >= 11 is 0. The molecule has 26 heavy (non-hydrogen) atoms. The maximum atomic E-state index is 12.5. The first-order valence-corrected chi connectivity index (χ1v) is 8.46. The van der Waals surface area contributed by atoms with Crippen LogP contribution < -0.4 is 5.32 Å². The van der Waals surface area contributed by atoms with Crippen LogP contribution in [0.15, 0.2) is 54.5 Å². The number of amides is 1. The van der Waals surface area contributed by atoms with Crippen molar-refractivity contribution in [3.05, 3.63) is 65.8 Å². The van der Waals surface area contributed by atoms with E-state index in [1.54, 1.807) is 19.4 Å². The van der Waals surface area contributed by atoms with Crippen LogP contribution in [0, 0.1) is 0 Å². The second-order valence-corrected chi connectivity index (χ2v) is 6.37. The van der Waals surface area contributed by atoms with Gasteiger partial charge < -0.3 is 15.3 Å². The zero-order valence-electron chi connectivity index (χ0n) is 14.6. The van der Waals surface area contributed by atoms with E-state index in [0.717, 1.165) is 33.3 Å². The van der Waals surface area contributed by atoms with E-state index in [1.807, 2.05) is 43.3 Å². The Labute approximate surface area is 150 Å². The molecule has 1 aromatic carbocycles. The van der Waals surface area contributed by atoms with E-state index in [1.165, 1.54) is 0 Å². The lowest BCUT2D eigenvalue weighted by atomic mass is 10.1. The molecule has 6 nitrogen and oxygen atoms in total. The first-order chi connectivity index (χ1) is 12.6. The van der Waals surface area contributed by atoms with Crippen LogP contribution in [-0.4, -0.2) is 25.8 Å². The van der Waals surface area contributed by atoms with Crippen molar-refractivity contribution < 1.29 is 4.79 Å². The van der Waals surface area contributed by atoms with Crippen LogP contribution in [0.4, 0.5) is 0 Å². The first-order valence-electron chi connectivity index (χ1n) is 8.46. The molecule has 0 saturated carbocycles. The largest absolute Gasteiger partial charge is 0.357 e. The van der Waals surface area contributed by atoms with Gasteiger partial charge in [-0.2, -0.15) is 0 Å². The Morgan fingerprint density at radius 2 is 2.08 bits per heavy atom. The molecule has 4 aromatic rings. The van der Waals surface area contributed by atoms with Gasteiger partial charge in [-0.3, -0.25) is 4.79 Å². The fourth-order valence-corrected chi connectivity index (χ4v) is 2.95. The van der Waals surface area contributed by atoms with E-state index in [0.29, 0.717) is 5.57 Å². The van der Waals surface area contributed by atoms with Crippen LogP contribution in [0.5, 0.6) is 0 Å². The molecule has 0 aliphatic heterocycles. The number of rotatable bonds is 4. The Morgan fingerprint density at radius 1 is 1.23 bits per heavy atom. The minimum absolute atomic E-state index is 0.113. The van der Waals surface area contributed by atoms with Gasteiger partial charge in [0, 0.05) is 23.0 Å². The molecule has 4 rings (SSSR count). The van der Waals surface area contributed by atoms with Gasteiger partial charge in [0.25, 0.3) is 0 Å². The van der Waals surface area contributed by atoms with Gasteiger partial charge in [-0.1, -0.05) is 18.2 Å². The standard InChI is InChI=1S/C20H19N5O/c1-12(7-14-8-18-19(21-10-14)23-11-22-18)20(26)24-13(2)17-9-15-5-3-4-6-16(15)25-17/h3-11,13,25H,1-2H3,(H,24,26)(H,21,22,23). The highest BCUT2D eigenvalue weighted by Gasteiger charge is 2.13. The topological polar surface area (TPSA) is 86.5 Å². The molecule has 0 fully saturated rings. The lowest BCUT2D eigenvalue weighted by molar-refractivity contribution is -0.118. The number of carbonyl (C=O) groups excluding carboxylic acids is 1. The Hall–Kier alpha value is -3.41. The monoisotopic (exact) mass is 345 g/mol. The number of aromatic nitrogens is 4. The van der Waals surface area contributed by atoms with Gasteiger partial charge in [-0.05, 0) is 49.1 Å². The normalized spacial score (nSPS) is 13.2. The number of pyridine rings is 1. The molecule has 0 spiro atoms. The smallest absolute Gasteiger partial charge is 0.247 e. The summed E-state index contributed by atoms with van der Waals surface area (Å²) in [5, 5.41) is 4.16. The van der Waals surface area contributed by atoms with Crippen molar-refractivity contribution in [1.29, 1.82) is 0 Å². The minimum atomic E-state index is -0.120. The molecule has 0 radical (unpaired) electrons. The fraction of sp³-hybridized carbons (Fsp3) is 0.150. The Kier molecular flexibility index (Phi) is 4.01. The number of para-hydroxylation sites is 1. The van der Waals surface area contributed by atoms with Gasteiger partial charge >= 0.3 is 0 Å². The lowest BCUT2D eigenvalue weighted by Gasteiger charge is -2.12. The van der Waals surface area contributed by atoms with Gasteiger partial charge in [0.2, 0.25) is 5.91 Å². The maximum Gasteiger partial charge on any atom is 0.247 e. The van der Waals surface area contributed by atoms with E-state index in [9.17, 15) is 4.79 Å². The van der Waals surface area contributed by atoms with Gasteiger partial charge in [-0.15, -0.1) is 0 Å². The summed E-state index contributed by atoms with van der Waals surface area (Å²) in [6.45, 7) is 3.76. The first kappa shape index (κ1) is 16.1. The molecule has 3 heterocycles. The van der Waals surface area contributed by atoms with Crippen molar-refractivity contribution in [2.75, 3.05) is 0 Å². The zero-order chi connectivity index (χ0) is 18.1. The van der Waals surface area contributed by atoms with Crippen molar-refractivity contribution in [2.45, 2.75) is 19.9 Å². The van der Waals surface area contributed by atoms with Crippen molar-refractivity contribution in [3.8, 4) is 0 Å². The van der Waals surface area contributed by atoms with Gasteiger partial charge in [0.1, 0.15) is 5.52 Å². The number of hydrogen-bond acceptors (Lipinski definition) is 3. The quantitative estimate of drug-likeness (QED) is 0.493. The van der Waals surface area contributed by atoms with E-state index in [2.05, 4.69) is 31.3 Å². The molecule has 3 aromatic heterocycles. The van der Waals surface area contributed by atoms with E-state index in [-0.39, 0.29) is 11.9 Å². The number of nitrogens with zero attached hydrogens (tertiary/aromatic N) is 2. The summed E-state index contributed by atoms with van der Waals surface area (Å²) < 4.78 is 0.